The molecular weight excluding hydrogens is 323 g/mol. The van der Waals surface area contributed by atoms with Crippen LogP contribution in [0.25, 0.3) is 21.9 Å². The molecule has 0 aliphatic carbocycles. The Morgan fingerprint density at radius 1 is 1.12 bits per heavy atom. The summed E-state index contributed by atoms with van der Waals surface area (Å²) in [4.78, 5) is 16.5. The van der Waals surface area contributed by atoms with Crippen molar-refractivity contribution in [3.63, 3.8) is 0 Å². The molecule has 0 atom stereocenters. The second-order valence-corrected chi connectivity index (χ2v) is 5.72. The number of nitrogens with zero attached hydrogens (tertiary/aromatic N) is 2. The van der Waals surface area contributed by atoms with Crippen LogP contribution in [-0.4, -0.2) is 23.8 Å². The summed E-state index contributed by atoms with van der Waals surface area (Å²) in [5.74, 6) is 0.508. The fourth-order valence-corrected chi connectivity index (χ4v) is 2.89. The molecule has 3 rings (SSSR count). The Kier molecular flexibility index (Phi) is 4.44. The summed E-state index contributed by atoms with van der Waals surface area (Å²) in [5.41, 5.74) is 1.85. The van der Waals surface area contributed by atoms with Crippen LogP contribution >= 0.6 is 0 Å². The Morgan fingerprint density at radius 2 is 1.76 bits per heavy atom. The highest BCUT2D eigenvalue weighted by atomic mass is 19.1. The van der Waals surface area contributed by atoms with Gasteiger partial charge in [0.15, 0.2) is 11.5 Å². The van der Waals surface area contributed by atoms with E-state index < -0.39 is 5.95 Å². The lowest BCUT2D eigenvalue weighted by molar-refractivity contribution is 0.356. The maximum absolute atomic E-state index is 13.6. The van der Waals surface area contributed by atoms with Gasteiger partial charge in [-0.15, -0.1) is 0 Å². The average molecular weight is 342 g/mol. The summed E-state index contributed by atoms with van der Waals surface area (Å²) in [6, 6.07) is 5.16. The lowest BCUT2D eigenvalue weighted by Gasteiger charge is -2.14. The summed E-state index contributed by atoms with van der Waals surface area (Å²) in [6.45, 7) is 4.07. The van der Waals surface area contributed by atoms with Gasteiger partial charge in [0, 0.05) is 41.0 Å². The molecule has 0 radical (unpaired) electrons. The minimum atomic E-state index is -0.504. The van der Waals surface area contributed by atoms with Crippen molar-refractivity contribution >= 4 is 10.8 Å². The van der Waals surface area contributed by atoms with Gasteiger partial charge < -0.3 is 14.0 Å². The largest absolute Gasteiger partial charge is 0.493 e. The number of pyridine rings is 2. The number of hydrogen-bond donors (Lipinski definition) is 0. The highest BCUT2D eigenvalue weighted by Crippen LogP contribution is 2.35. The highest BCUT2D eigenvalue weighted by molar-refractivity contribution is 5.97. The molecular formula is C19H19FN2O3. The number of methoxy groups -OCH3 is 2. The van der Waals surface area contributed by atoms with Crippen LogP contribution < -0.4 is 15.0 Å². The van der Waals surface area contributed by atoms with E-state index in [1.807, 2.05) is 6.92 Å². The maximum atomic E-state index is 13.6. The second-order valence-electron chi connectivity index (χ2n) is 5.72. The predicted molar refractivity (Wildman–Crippen MR) is 94.9 cm³/mol. The minimum absolute atomic E-state index is 0.117. The monoisotopic (exact) mass is 342 g/mol. The van der Waals surface area contributed by atoms with Crippen molar-refractivity contribution < 1.29 is 13.9 Å². The summed E-state index contributed by atoms with van der Waals surface area (Å²) < 4.78 is 25.8. The number of hydrogen-bond acceptors (Lipinski definition) is 4. The molecule has 3 aromatic rings. The zero-order valence-corrected chi connectivity index (χ0v) is 14.6. The van der Waals surface area contributed by atoms with E-state index in [1.165, 1.54) is 13.3 Å². The van der Waals surface area contributed by atoms with Crippen LogP contribution in [0.1, 0.15) is 12.5 Å². The van der Waals surface area contributed by atoms with E-state index in [-0.39, 0.29) is 5.56 Å². The third kappa shape index (κ3) is 2.84. The highest BCUT2D eigenvalue weighted by Gasteiger charge is 2.15. The van der Waals surface area contributed by atoms with Crippen LogP contribution in [0.5, 0.6) is 11.5 Å². The van der Waals surface area contributed by atoms with Gasteiger partial charge in [0.1, 0.15) is 0 Å². The predicted octanol–water partition coefficient (Wildman–Crippen LogP) is 3.55. The van der Waals surface area contributed by atoms with Crippen molar-refractivity contribution in [2.24, 2.45) is 0 Å². The van der Waals surface area contributed by atoms with Crippen molar-refractivity contribution in [2.45, 2.75) is 20.4 Å². The fourth-order valence-electron chi connectivity index (χ4n) is 2.89. The summed E-state index contributed by atoms with van der Waals surface area (Å²) in [6.07, 6.45) is 3.24. The molecule has 0 saturated carbocycles. The van der Waals surface area contributed by atoms with E-state index in [1.54, 1.807) is 43.0 Å². The van der Waals surface area contributed by atoms with Crippen molar-refractivity contribution in [1.29, 1.82) is 0 Å². The van der Waals surface area contributed by atoms with Crippen LogP contribution in [0.3, 0.4) is 0 Å². The zero-order chi connectivity index (χ0) is 18.1. The maximum Gasteiger partial charge on any atom is 0.258 e. The fraction of sp³-hybridized carbons (Fsp3) is 0.263. The normalized spacial score (nSPS) is 10.9. The van der Waals surface area contributed by atoms with Gasteiger partial charge in [0.05, 0.1) is 19.6 Å². The number of aromatic nitrogens is 2. The number of ether oxygens (including phenoxy) is 2. The Hall–Kier alpha value is -2.89. The first-order valence-corrected chi connectivity index (χ1v) is 7.91. The van der Waals surface area contributed by atoms with Crippen molar-refractivity contribution in [1.82, 2.24) is 9.55 Å². The van der Waals surface area contributed by atoms with Gasteiger partial charge >= 0.3 is 0 Å². The van der Waals surface area contributed by atoms with Crippen molar-refractivity contribution in [3.05, 3.63) is 52.5 Å². The summed E-state index contributed by atoms with van der Waals surface area (Å²) in [5, 5.41) is 1.22. The van der Waals surface area contributed by atoms with Gasteiger partial charge in [-0.1, -0.05) is 0 Å². The van der Waals surface area contributed by atoms with Crippen LogP contribution in [0.2, 0.25) is 0 Å². The minimum Gasteiger partial charge on any atom is -0.493 e. The first-order valence-electron chi connectivity index (χ1n) is 7.91. The molecule has 0 unspecified atom stereocenters. The third-order valence-electron chi connectivity index (χ3n) is 4.26. The number of fused-ring (bicyclic) bond motifs is 1. The number of aryl methyl sites for hydroxylation is 2. The van der Waals surface area contributed by atoms with E-state index >= 15 is 0 Å². The molecule has 25 heavy (non-hydrogen) atoms. The molecule has 0 bridgehead atoms. The van der Waals surface area contributed by atoms with Crippen LogP contribution in [0, 0.1) is 12.9 Å². The van der Waals surface area contributed by atoms with Crippen LogP contribution in [0.4, 0.5) is 4.39 Å². The van der Waals surface area contributed by atoms with Crippen LogP contribution in [0.15, 0.2) is 35.4 Å². The topological polar surface area (TPSA) is 53.4 Å². The molecule has 5 nitrogen and oxygen atoms in total. The number of rotatable bonds is 4. The van der Waals surface area contributed by atoms with E-state index in [9.17, 15) is 9.18 Å². The lowest BCUT2D eigenvalue weighted by Crippen LogP contribution is -2.19. The Balaban J connectivity index is 2.42. The molecule has 2 heterocycles. The molecule has 130 valence electrons. The molecule has 2 aromatic heterocycles. The van der Waals surface area contributed by atoms with Gasteiger partial charge in [0.2, 0.25) is 5.95 Å². The van der Waals surface area contributed by atoms with Gasteiger partial charge in [-0.25, -0.2) is 4.98 Å². The molecule has 1 aromatic carbocycles. The average Bonchev–Trinajstić information content (AvgIpc) is 2.63. The van der Waals surface area contributed by atoms with E-state index in [0.717, 1.165) is 11.1 Å². The molecule has 0 amide bonds. The quantitative estimate of drug-likeness (QED) is 0.681. The van der Waals surface area contributed by atoms with Crippen LogP contribution in [-0.2, 0) is 6.54 Å². The second kappa shape index (κ2) is 6.55. The van der Waals surface area contributed by atoms with Gasteiger partial charge in [-0.2, -0.15) is 4.39 Å². The molecule has 0 fully saturated rings. The Bertz CT molecular complexity index is 1010. The number of halogens is 1. The standard InChI is InChI=1S/C19H19FN2O3/c1-5-22-10-15(12-6-11(2)18(20)21-9-12)13-7-16(24-3)17(25-4)8-14(13)19(22)23/h6-10H,5H2,1-4H3. The van der Waals surface area contributed by atoms with E-state index in [4.69, 9.17) is 9.47 Å². The van der Waals surface area contributed by atoms with Crippen molar-refractivity contribution in [2.75, 3.05) is 14.2 Å². The number of benzene rings is 1. The first kappa shape index (κ1) is 17.0. The van der Waals surface area contributed by atoms with Gasteiger partial charge in [-0.05, 0) is 32.0 Å². The summed E-state index contributed by atoms with van der Waals surface area (Å²) in [7, 11) is 3.07. The van der Waals surface area contributed by atoms with E-state index in [2.05, 4.69) is 4.98 Å². The SMILES string of the molecule is CCn1cc(-c2cnc(F)c(C)c2)c2cc(OC)c(OC)cc2c1=O. The van der Waals surface area contributed by atoms with E-state index in [0.29, 0.717) is 34.4 Å². The molecule has 0 aliphatic rings. The summed E-state index contributed by atoms with van der Waals surface area (Å²) >= 11 is 0. The molecule has 0 aliphatic heterocycles. The smallest absolute Gasteiger partial charge is 0.258 e. The zero-order valence-electron chi connectivity index (χ0n) is 14.6. The molecule has 0 saturated heterocycles. The Labute approximate surface area is 144 Å². The van der Waals surface area contributed by atoms with Gasteiger partial charge in [0.25, 0.3) is 5.56 Å². The Morgan fingerprint density at radius 3 is 2.32 bits per heavy atom. The molecule has 6 heteroatoms. The van der Waals surface area contributed by atoms with Gasteiger partial charge in [-0.3, -0.25) is 4.79 Å². The first-order chi connectivity index (χ1) is 12.0. The lowest BCUT2D eigenvalue weighted by atomic mass is 10.00. The molecule has 0 N–H and O–H groups in total. The third-order valence-corrected chi connectivity index (χ3v) is 4.26. The molecule has 0 spiro atoms. The van der Waals surface area contributed by atoms with Crippen molar-refractivity contribution in [3.8, 4) is 22.6 Å².